The van der Waals surface area contributed by atoms with E-state index in [4.69, 9.17) is 0 Å². The maximum atomic E-state index is 14.6. The molecule has 0 amide bonds. The van der Waals surface area contributed by atoms with Crippen molar-refractivity contribution in [2.24, 2.45) is 0 Å². The van der Waals surface area contributed by atoms with E-state index in [2.05, 4.69) is 89.1 Å². The van der Waals surface area contributed by atoms with Crippen molar-refractivity contribution < 1.29 is 4.39 Å². The Kier molecular flexibility index (Phi) is 6.64. The summed E-state index contributed by atoms with van der Waals surface area (Å²) >= 11 is 0. The Labute approximate surface area is 202 Å². The summed E-state index contributed by atoms with van der Waals surface area (Å²) < 4.78 is 14.6. The molecule has 0 radical (unpaired) electrons. The molecule has 1 aromatic heterocycles. The van der Waals surface area contributed by atoms with Crippen LogP contribution in [0.5, 0.6) is 0 Å². The Morgan fingerprint density at radius 3 is 2.68 bits per heavy atom. The van der Waals surface area contributed by atoms with E-state index in [9.17, 15) is 4.39 Å². The summed E-state index contributed by atoms with van der Waals surface area (Å²) in [6.45, 7) is 12.0. The van der Waals surface area contributed by atoms with E-state index < -0.39 is 6.17 Å². The van der Waals surface area contributed by atoms with Gasteiger partial charge in [-0.3, -0.25) is 4.90 Å². The lowest BCUT2D eigenvalue weighted by molar-refractivity contribution is 0.265. The Morgan fingerprint density at radius 1 is 1.12 bits per heavy atom. The number of para-hydroxylation sites is 1. The molecule has 0 spiro atoms. The molecule has 180 valence electrons. The highest BCUT2D eigenvalue weighted by atomic mass is 19.1. The molecule has 3 atom stereocenters. The zero-order valence-electron chi connectivity index (χ0n) is 20.5. The fourth-order valence-corrected chi connectivity index (χ4v) is 5.65. The molecule has 2 aliphatic rings. The second-order valence-electron chi connectivity index (χ2n) is 9.83. The number of aromatic amines is 1. The van der Waals surface area contributed by atoms with Crippen LogP contribution >= 0.6 is 0 Å². The van der Waals surface area contributed by atoms with Crippen LogP contribution in [0.3, 0.4) is 0 Å². The number of unbranched alkanes of at least 4 members (excludes halogenated alkanes) is 1. The molecule has 2 aliphatic heterocycles. The predicted molar refractivity (Wildman–Crippen MR) is 140 cm³/mol. The van der Waals surface area contributed by atoms with E-state index in [1.165, 1.54) is 27.7 Å². The normalized spacial score (nSPS) is 22.8. The number of allylic oxidation sites excluding steroid dienone is 1. The highest BCUT2D eigenvalue weighted by Crippen LogP contribution is 2.40. The van der Waals surface area contributed by atoms with Gasteiger partial charge in [0.1, 0.15) is 6.17 Å². The predicted octanol–water partition coefficient (Wildman–Crippen LogP) is 6.27. The monoisotopic (exact) mass is 460 g/mol. The summed E-state index contributed by atoms with van der Waals surface area (Å²) in [5.41, 5.74) is 7.27. The first kappa shape index (κ1) is 23.0. The zero-order chi connectivity index (χ0) is 23.7. The summed E-state index contributed by atoms with van der Waals surface area (Å²) in [4.78, 5) is 8.41. The van der Waals surface area contributed by atoms with Crippen LogP contribution < -0.4 is 5.32 Å². The smallest absolute Gasteiger partial charge is 0.134 e. The molecule has 4 nitrogen and oxygen atoms in total. The molecule has 0 saturated carbocycles. The Morgan fingerprint density at radius 2 is 1.91 bits per heavy atom. The standard InChI is InChI=1S/C29H37FN4/c1-4-6-16-33-18-25(30)27(19-33)31-22-13-11-21(12-14-22)29-28-24(15-17-34(29)20(3)5-2)23-9-7-8-10-26(23)32-28/h7-14,25,27,29,31-32H,3-6,15-19H2,1-2H3/t25-,27-,29-/m1/s1. The van der Waals surface area contributed by atoms with Crippen molar-refractivity contribution in [2.75, 3.05) is 31.5 Å². The first-order valence-electron chi connectivity index (χ1n) is 12.9. The topological polar surface area (TPSA) is 34.3 Å². The molecule has 1 fully saturated rings. The van der Waals surface area contributed by atoms with Gasteiger partial charge in [-0.1, -0.05) is 57.2 Å². The maximum absolute atomic E-state index is 14.6. The van der Waals surface area contributed by atoms with Crippen LogP contribution in [-0.4, -0.2) is 53.2 Å². The van der Waals surface area contributed by atoms with Gasteiger partial charge < -0.3 is 15.2 Å². The molecular formula is C29H37FN4. The number of H-pyrrole nitrogens is 1. The number of aromatic nitrogens is 1. The number of nitrogens with one attached hydrogen (secondary N) is 2. The van der Waals surface area contributed by atoms with Crippen LogP contribution in [0.4, 0.5) is 10.1 Å². The number of fused-ring (bicyclic) bond motifs is 3. The summed E-state index contributed by atoms with van der Waals surface area (Å²) in [7, 11) is 0. The number of halogens is 1. The molecule has 0 bridgehead atoms. The number of hydrogen-bond donors (Lipinski definition) is 2. The van der Waals surface area contributed by atoms with Crippen LogP contribution in [0.15, 0.2) is 60.8 Å². The van der Waals surface area contributed by atoms with Gasteiger partial charge in [-0.2, -0.15) is 0 Å². The average Bonchev–Trinajstić information content (AvgIpc) is 3.41. The van der Waals surface area contributed by atoms with Crippen molar-refractivity contribution >= 4 is 16.6 Å². The maximum Gasteiger partial charge on any atom is 0.134 e. The lowest BCUT2D eigenvalue weighted by Crippen LogP contribution is -2.35. The van der Waals surface area contributed by atoms with Crippen LogP contribution in [0.1, 0.15) is 56.0 Å². The molecule has 2 aromatic carbocycles. The Hall–Kier alpha value is -2.79. The second-order valence-corrected chi connectivity index (χ2v) is 9.83. The lowest BCUT2D eigenvalue weighted by atomic mass is 9.91. The average molecular weight is 461 g/mol. The Balaban J connectivity index is 1.39. The van der Waals surface area contributed by atoms with Gasteiger partial charge >= 0.3 is 0 Å². The SMILES string of the molecule is C=C(CC)N1CCc2c([nH]c3ccccc23)[C@H]1c1ccc(N[C@@H]2CN(CCCC)C[C@H]2F)cc1. The molecule has 5 rings (SSSR count). The van der Waals surface area contributed by atoms with Gasteiger partial charge in [0.2, 0.25) is 0 Å². The largest absolute Gasteiger partial charge is 0.378 e. The molecule has 0 unspecified atom stereocenters. The summed E-state index contributed by atoms with van der Waals surface area (Å²) in [5.74, 6) is 0. The van der Waals surface area contributed by atoms with E-state index >= 15 is 0 Å². The van der Waals surface area contributed by atoms with Gasteiger partial charge in [-0.05, 0) is 55.1 Å². The fraction of sp³-hybridized carbons (Fsp3) is 0.448. The van der Waals surface area contributed by atoms with Crippen molar-refractivity contribution in [1.29, 1.82) is 0 Å². The number of hydrogen-bond acceptors (Lipinski definition) is 3. The number of likely N-dealkylation sites (tertiary alicyclic amines) is 1. The molecule has 2 N–H and O–H groups in total. The first-order chi connectivity index (χ1) is 16.6. The minimum absolute atomic E-state index is 0.114. The number of nitrogens with zero attached hydrogens (tertiary/aromatic N) is 2. The van der Waals surface area contributed by atoms with E-state index in [1.807, 2.05) is 0 Å². The summed E-state index contributed by atoms with van der Waals surface area (Å²) in [6, 6.07) is 17.2. The van der Waals surface area contributed by atoms with Gasteiger partial charge in [0.05, 0.1) is 12.1 Å². The quantitative estimate of drug-likeness (QED) is 0.416. The summed E-state index contributed by atoms with van der Waals surface area (Å²) in [6.07, 6.45) is 3.40. The van der Waals surface area contributed by atoms with E-state index in [1.54, 1.807) is 0 Å². The number of alkyl halides is 1. The van der Waals surface area contributed by atoms with Crippen LogP contribution in [0.25, 0.3) is 10.9 Å². The number of benzene rings is 2. The highest BCUT2D eigenvalue weighted by molar-refractivity contribution is 5.85. The van der Waals surface area contributed by atoms with E-state index in [0.29, 0.717) is 6.54 Å². The van der Waals surface area contributed by atoms with Crippen molar-refractivity contribution in [1.82, 2.24) is 14.8 Å². The minimum Gasteiger partial charge on any atom is -0.378 e. The third-order valence-corrected chi connectivity index (χ3v) is 7.58. The van der Waals surface area contributed by atoms with Gasteiger partial charge in [-0.25, -0.2) is 4.39 Å². The molecule has 1 saturated heterocycles. The molecular weight excluding hydrogens is 423 g/mol. The minimum atomic E-state index is -0.827. The van der Waals surface area contributed by atoms with Crippen molar-refractivity contribution in [3.05, 3.63) is 77.6 Å². The number of anilines is 1. The van der Waals surface area contributed by atoms with Crippen LogP contribution in [0, 0.1) is 0 Å². The van der Waals surface area contributed by atoms with Crippen LogP contribution in [0.2, 0.25) is 0 Å². The van der Waals surface area contributed by atoms with Gasteiger partial charge in [0, 0.05) is 47.6 Å². The lowest BCUT2D eigenvalue weighted by Gasteiger charge is -2.39. The molecule has 3 heterocycles. The Bertz CT molecular complexity index is 1130. The molecule has 5 heteroatoms. The van der Waals surface area contributed by atoms with Crippen LogP contribution in [-0.2, 0) is 6.42 Å². The van der Waals surface area contributed by atoms with Crippen molar-refractivity contribution in [3.63, 3.8) is 0 Å². The van der Waals surface area contributed by atoms with Gasteiger partial charge in [0.15, 0.2) is 0 Å². The van der Waals surface area contributed by atoms with Gasteiger partial charge in [0.25, 0.3) is 0 Å². The van der Waals surface area contributed by atoms with Gasteiger partial charge in [-0.15, -0.1) is 0 Å². The van der Waals surface area contributed by atoms with E-state index in [-0.39, 0.29) is 12.1 Å². The van der Waals surface area contributed by atoms with Crippen molar-refractivity contribution in [3.8, 4) is 0 Å². The second kappa shape index (κ2) is 9.83. The highest BCUT2D eigenvalue weighted by Gasteiger charge is 2.33. The fourth-order valence-electron chi connectivity index (χ4n) is 5.65. The molecule has 0 aliphatic carbocycles. The zero-order valence-corrected chi connectivity index (χ0v) is 20.5. The first-order valence-corrected chi connectivity index (χ1v) is 12.9. The third-order valence-electron chi connectivity index (χ3n) is 7.58. The molecule has 34 heavy (non-hydrogen) atoms. The number of rotatable bonds is 8. The third kappa shape index (κ3) is 4.34. The summed E-state index contributed by atoms with van der Waals surface area (Å²) in [5, 5.41) is 4.78. The van der Waals surface area contributed by atoms with E-state index in [0.717, 1.165) is 56.7 Å². The molecule has 3 aromatic rings. The van der Waals surface area contributed by atoms with Crippen molar-refractivity contribution in [2.45, 2.75) is 57.8 Å².